The zero-order chi connectivity index (χ0) is 14.8. The van der Waals surface area contributed by atoms with Crippen LogP contribution in [0.1, 0.15) is 30.5 Å². The summed E-state index contributed by atoms with van der Waals surface area (Å²) >= 11 is 1.69. The molecule has 1 aromatic heterocycles. The van der Waals surface area contributed by atoms with Gasteiger partial charge < -0.3 is 5.32 Å². The van der Waals surface area contributed by atoms with Crippen molar-refractivity contribution >= 4 is 11.8 Å². The summed E-state index contributed by atoms with van der Waals surface area (Å²) in [5.74, 6) is 0. The fourth-order valence-corrected chi connectivity index (χ4v) is 4.31. The molecule has 2 unspecified atom stereocenters. The number of rotatable bonds is 5. The van der Waals surface area contributed by atoms with Gasteiger partial charge in [-0.3, -0.25) is 4.57 Å². The summed E-state index contributed by atoms with van der Waals surface area (Å²) in [7, 11) is 1.99. The minimum absolute atomic E-state index is 0.115. The smallest absolute Gasteiger partial charge is 0.312 e. The van der Waals surface area contributed by atoms with Gasteiger partial charge in [0.2, 0.25) is 0 Å². The molecule has 1 aliphatic rings. The molecule has 1 heterocycles. The summed E-state index contributed by atoms with van der Waals surface area (Å²) in [5.41, 5.74) is 2.63. The molecule has 0 spiro atoms. The van der Waals surface area contributed by atoms with Crippen molar-refractivity contribution in [3.63, 3.8) is 0 Å². The molecule has 0 amide bonds. The SMILES string of the molecule is CCCn1c(SC2Cc3ccccc3C2NC)n[nH]c1=O. The van der Waals surface area contributed by atoms with E-state index in [1.54, 1.807) is 16.3 Å². The highest BCUT2D eigenvalue weighted by Gasteiger charge is 2.33. The van der Waals surface area contributed by atoms with Crippen LogP contribution in [0, 0.1) is 0 Å². The van der Waals surface area contributed by atoms with Crippen LogP contribution in [0.3, 0.4) is 0 Å². The van der Waals surface area contributed by atoms with E-state index in [0.717, 1.165) is 18.0 Å². The maximum Gasteiger partial charge on any atom is 0.343 e. The van der Waals surface area contributed by atoms with Gasteiger partial charge in [0, 0.05) is 17.8 Å². The van der Waals surface area contributed by atoms with Crippen molar-refractivity contribution in [2.75, 3.05) is 7.05 Å². The van der Waals surface area contributed by atoms with Crippen molar-refractivity contribution < 1.29 is 0 Å². The lowest BCUT2D eigenvalue weighted by atomic mass is 10.1. The number of thioether (sulfide) groups is 1. The Hall–Kier alpha value is -1.53. The minimum Gasteiger partial charge on any atom is -0.312 e. The molecular formula is C15H20N4OS. The number of H-pyrrole nitrogens is 1. The molecule has 0 aliphatic heterocycles. The molecule has 0 saturated heterocycles. The Labute approximate surface area is 128 Å². The second kappa shape index (κ2) is 6.07. The fourth-order valence-electron chi connectivity index (χ4n) is 2.96. The summed E-state index contributed by atoms with van der Waals surface area (Å²) in [6, 6.07) is 8.83. The van der Waals surface area contributed by atoms with Crippen LogP contribution in [-0.2, 0) is 13.0 Å². The minimum atomic E-state index is -0.115. The van der Waals surface area contributed by atoms with Crippen LogP contribution < -0.4 is 11.0 Å². The van der Waals surface area contributed by atoms with Gasteiger partial charge in [0.15, 0.2) is 5.16 Å². The molecular weight excluding hydrogens is 284 g/mol. The normalized spacial score (nSPS) is 20.7. The highest BCUT2D eigenvalue weighted by molar-refractivity contribution is 7.99. The molecule has 0 saturated carbocycles. The number of hydrogen-bond donors (Lipinski definition) is 2. The number of nitrogens with one attached hydrogen (secondary N) is 2. The molecule has 1 aliphatic carbocycles. The van der Waals surface area contributed by atoms with Crippen LogP contribution >= 0.6 is 11.8 Å². The molecule has 3 rings (SSSR count). The lowest BCUT2D eigenvalue weighted by Gasteiger charge is -2.19. The molecule has 2 atom stereocenters. The second-order valence-electron chi connectivity index (χ2n) is 5.29. The Kier molecular flexibility index (Phi) is 4.17. The fraction of sp³-hybridized carbons (Fsp3) is 0.467. The van der Waals surface area contributed by atoms with Crippen molar-refractivity contribution in [1.82, 2.24) is 20.1 Å². The Morgan fingerprint density at radius 1 is 1.48 bits per heavy atom. The van der Waals surface area contributed by atoms with Crippen molar-refractivity contribution in [3.8, 4) is 0 Å². The first-order valence-electron chi connectivity index (χ1n) is 7.31. The van der Waals surface area contributed by atoms with E-state index in [1.807, 2.05) is 7.05 Å². The monoisotopic (exact) mass is 304 g/mol. The summed E-state index contributed by atoms with van der Waals surface area (Å²) in [6.07, 6.45) is 1.92. The Balaban J connectivity index is 1.85. The van der Waals surface area contributed by atoms with Gasteiger partial charge in [-0.2, -0.15) is 0 Å². The first kappa shape index (κ1) is 14.4. The van der Waals surface area contributed by atoms with Gasteiger partial charge in [-0.15, -0.1) is 5.10 Å². The highest BCUT2D eigenvalue weighted by atomic mass is 32.2. The maximum absolute atomic E-state index is 11.8. The average molecular weight is 304 g/mol. The maximum atomic E-state index is 11.8. The van der Waals surface area contributed by atoms with Crippen molar-refractivity contribution in [2.24, 2.45) is 0 Å². The lowest BCUT2D eigenvalue weighted by Crippen LogP contribution is -2.24. The molecule has 0 fully saturated rings. The number of aromatic amines is 1. The van der Waals surface area contributed by atoms with E-state index >= 15 is 0 Å². The molecule has 2 aromatic rings. The first-order chi connectivity index (χ1) is 10.2. The number of fused-ring (bicyclic) bond motifs is 1. The Bertz CT molecular complexity index is 678. The van der Waals surface area contributed by atoms with Crippen LogP contribution in [0.5, 0.6) is 0 Å². The first-order valence-corrected chi connectivity index (χ1v) is 8.19. The van der Waals surface area contributed by atoms with Gasteiger partial charge in [-0.25, -0.2) is 9.89 Å². The van der Waals surface area contributed by atoms with Crippen LogP contribution in [-0.4, -0.2) is 27.1 Å². The van der Waals surface area contributed by atoms with Gasteiger partial charge in [0.25, 0.3) is 0 Å². The summed E-state index contributed by atoms with van der Waals surface area (Å²) in [5, 5.41) is 11.3. The van der Waals surface area contributed by atoms with E-state index in [0.29, 0.717) is 17.8 Å². The largest absolute Gasteiger partial charge is 0.343 e. The number of hydrogen-bond acceptors (Lipinski definition) is 4. The molecule has 21 heavy (non-hydrogen) atoms. The second-order valence-corrected chi connectivity index (χ2v) is 6.49. The molecule has 0 radical (unpaired) electrons. The predicted octanol–water partition coefficient (Wildman–Crippen LogP) is 1.96. The molecule has 5 nitrogen and oxygen atoms in total. The number of aromatic nitrogens is 3. The van der Waals surface area contributed by atoms with Gasteiger partial charge in [0.05, 0.1) is 0 Å². The third-order valence-corrected chi connectivity index (χ3v) is 5.19. The standard InChI is InChI=1S/C15H20N4OS/c1-3-8-19-14(20)17-18-15(19)21-12-9-10-6-4-5-7-11(10)13(12)16-2/h4-7,12-13,16H,3,8-9H2,1-2H3,(H,17,20). The van der Waals surface area contributed by atoms with E-state index in [-0.39, 0.29) is 5.69 Å². The van der Waals surface area contributed by atoms with Crippen molar-refractivity contribution in [2.45, 2.75) is 42.8 Å². The molecule has 2 N–H and O–H groups in total. The quantitative estimate of drug-likeness (QED) is 0.886. The number of benzene rings is 1. The summed E-state index contributed by atoms with van der Waals surface area (Å²) in [6.45, 7) is 2.78. The third kappa shape index (κ3) is 2.65. The highest BCUT2D eigenvalue weighted by Crippen LogP contribution is 2.40. The molecule has 6 heteroatoms. The van der Waals surface area contributed by atoms with Crippen LogP contribution in [0.2, 0.25) is 0 Å². The topological polar surface area (TPSA) is 62.7 Å². The van der Waals surface area contributed by atoms with Crippen molar-refractivity contribution in [1.29, 1.82) is 0 Å². The summed E-state index contributed by atoms with van der Waals surface area (Å²) in [4.78, 5) is 11.8. The predicted molar refractivity (Wildman–Crippen MR) is 84.7 cm³/mol. The van der Waals surface area contributed by atoms with Gasteiger partial charge in [-0.1, -0.05) is 43.0 Å². The van der Waals surface area contributed by atoms with Gasteiger partial charge in [0.1, 0.15) is 0 Å². The van der Waals surface area contributed by atoms with Gasteiger partial charge >= 0.3 is 5.69 Å². The lowest BCUT2D eigenvalue weighted by molar-refractivity contribution is 0.585. The third-order valence-electron chi connectivity index (χ3n) is 3.92. The van der Waals surface area contributed by atoms with Crippen molar-refractivity contribution in [3.05, 3.63) is 45.9 Å². The van der Waals surface area contributed by atoms with E-state index < -0.39 is 0 Å². The zero-order valence-corrected chi connectivity index (χ0v) is 13.1. The van der Waals surface area contributed by atoms with Crippen LogP contribution in [0.25, 0.3) is 0 Å². The molecule has 0 bridgehead atoms. The van der Waals surface area contributed by atoms with E-state index in [9.17, 15) is 4.79 Å². The van der Waals surface area contributed by atoms with Gasteiger partial charge in [-0.05, 0) is 31.0 Å². The zero-order valence-electron chi connectivity index (χ0n) is 12.3. The van der Waals surface area contributed by atoms with Crippen LogP contribution in [0.15, 0.2) is 34.2 Å². The average Bonchev–Trinajstić information content (AvgIpc) is 3.02. The Morgan fingerprint density at radius 2 is 2.29 bits per heavy atom. The number of nitrogens with zero attached hydrogens (tertiary/aromatic N) is 2. The van der Waals surface area contributed by atoms with E-state index in [2.05, 4.69) is 46.7 Å². The summed E-state index contributed by atoms with van der Waals surface area (Å²) < 4.78 is 1.74. The van der Waals surface area contributed by atoms with E-state index in [4.69, 9.17) is 0 Å². The van der Waals surface area contributed by atoms with Crippen LogP contribution in [0.4, 0.5) is 0 Å². The Morgan fingerprint density at radius 3 is 3.05 bits per heavy atom. The molecule has 112 valence electrons. The van der Waals surface area contributed by atoms with E-state index in [1.165, 1.54) is 11.1 Å². The molecule has 1 aromatic carbocycles.